The molecule has 3 aliphatic heterocycles. The average Bonchev–Trinajstić information content (AvgIpc) is 3.96. The number of aryl methyl sites for hydroxylation is 3. The van der Waals surface area contributed by atoms with Gasteiger partial charge in [-0.25, -0.2) is 9.37 Å². The number of anilines is 1. The van der Waals surface area contributed by atoms with E-state index in [4.69, 9.17) is 30.7 Å². The summed E-state index contributed by atoms with van der Waals surface area (Å²) < 4.78 is 26.6. The summed E-state index contributed by atoms with van der Waals surface area (Å²) in [6.45, 7) is 2.51. The minimum atomic E-state index is -0.372. The van der Waals surface area contributed by atoms with Crippen molar-refractivity contribution in [3.63, 3.8) is 0 Å². The van der Waals surface area contributed by atoms with E-state index in [-0.39, 0.29) is 23.3 Å². The monoisotopic (exact) mass is 718 g/mol. The number of methoxy groups -OCH3 is 1. The number of amides is 1. The molecular weight excluding hydrogens is 687 g/mol. The number of thiophene rings is 1. The maximum Gasteiger partial charge on any atom is 0.257 e. The molecule has 3 fully saturated rings. The number of nitrogens with one attached hydrogen (secondary N) is 1. The number of hydrogen-bond acceptors (Lipinski definition) is 9. The summed E-state index contributed by atoms with van der Waals surface area (Å²) in [5.41, 5.74) is 6.63. The third-order valence-electron chi connectivity index (χ3n) is 11.2. The number of rotatable bonds is 8. The van der Waals surface area contributed by atoms with Crippen LogP contribution in [0, 0.1) is 18.7 Å². The first-order valence-corrected chi connectivity index (χ1v) is 18.4. The lowest BCUT2D eigenvalue weighted by Crippen LogP contribution is -2.40. The first kappa shape index (κ1) is 30.9. The largest absolute Gasteiger partial charge is 0.496 e. The van der Waals surface area contributed by atoms with Crippen LogP contribution in [0.1, 0.15) is 69.6 Å². The molecular formula is C39H32ClFN6O3S. The Hall–Kier alpha value is -4.87. The molecule has 256 valence electrons. The van der Waals surface area contributed by atoms with Gasteiger partial charge in [-0.2, -0.15) is 0 Å². The highest BCUT2D eigenvalue weighted by Crippen LogP contribution is 2.63. The van der Waals surface area contributed by atoms with Crippen LogP contribution in [-0.2, 0) is 24.8 Å². The maximum absolute atomic E-state index is 14.5. The van der Waals surface area contributed by atoms with Crippen molar-refractivity contribution in [2.75, 3.05) is 19.0 Å². The molecule has 7 heterocycles. The van der Waals surface area contributed by atoms with Gasteiger partial charge in [0.05, 0.1) is 45.9 Å². The van der Waals surface area contributed by atoms with Crippen LogP contribution >= 0.6 is 22.9 Å². The van der Waals surface area contributed by atoms with Crippen LogP contribution in [0.15, 0.2) is 59.1 Å². The van der Waals surface area contributed by atoms with E-state index in [1.165, 1.54) is 12.1 Å². The highest BCUT2D eigenvalue weighted by molar-refractivity contribution is 7.23. The summed E-state index contributed by atoms with van der Waals surface area (Å²) >= 11 is 8.10. The van der Waals surface area contributed by atoms with E-state index in [0.717, 1.165) is 92.4 Å². The predicted octanol–water partition coefficient (Wildman–Crippen LogP) is 8.48. The van der Waals surface area contributed by atoms with Gasteiger partial charge >= 0.3 is 0 Å². The third kappa shape index (κ3) is 4.67. The molecule has 1 unspecified atom stereocenters. The van der Waals surface area contributed by atoms with Crippen LogP contribution in [-0.4, -0.2) is 44.6 Å². The molecule has 51 heavy (non-hydrogen) atoms. The van der Waals surface area contributed by atoms with E-state index >= 15 is 0 Å². The number of carbonyl (C=O) groups is 1. The molecule has 2 aromatic carbocycles. The van der Waals surface area contributed by atoms with Crippen molar-refractivity contribution in [2.45, 2.75) is 57.0 Å². The molecule has 2 saturated heterocycles. The highest BCUT2D eigenvalue weighted by atomic mass is 35.5. The standard InChI is InChI=1S/C39H32ClFN6O3S/c1-19-45-46-37(50-19)31-28(9-5-20-3-6-24(41)7-4-20)43-35-33(38(48)47-18-21-16-39(35,47)17-21)32(31)30-13-22-11-12-42-36(34(22)51-30)44-27-10-8-25-26(27)14-23(40)15-29(25)49-2/h3-4,6-7,11-15,21,27H,5,8-10,16-18H2,1-2H3,(H,42,44). The lowest BCUT2D eigenvalue weighted by molar-refractivity contribution is 0.0637. The summed E-state index contributed by atoms with van der Waals surface area (Å²) in [6, 6.07) is 14.6. The predicted molar refractivity (Wildman–Crippen MR) is 193 cm³/mol. The molecule has 0 radical (unpaired) electrons. The molecule has 4 aromatic heterocycles. The first-order chi connectivity index (χ1) is 24.8. The number of nitrogens with zero attached hydrogens (tertiary/aromatic N) is 5. The van der Waals surface area contributed by atoms with Crippen molar-refractivity contribution in [3.05, 3.63) is 105 Å². The number of ether oxygens (including phenoxy) is 1. The summed E-state index contributed by atoms with van der Waals surface area (Å²) in [7, 11) is 1.67. The van der Waals surface area contributed by atoms with Crippen molar-refractivity contribution in [2.24, 2.45) is 5.92 Å². The average molecular weight is 719 g/mol. The number of aromatic nitrogens is 4. The summed E-state index contributed by atoms with van der Waals surface area (Å²) in [5, 5.41) is 14.0. The smallest absolute Gasteiger partial charge is 0.257 e. The van der Waals surface area contributed by atoms with Crippen molar-refractivity contribution < 1.29 is 18.3 Å². The van der Waals surface area contributed by atoms with Crippen LogP contribution in [0.4, 0.5) is 10.2 Å². The number of halogens is 2. The lowest BCUT2D eigenvalue weighted by Gasteiger charge is -2.37. The SMILES string of the molecule is COc1cc(Cl)cc2c1CCC2Nc1nccc2cc(-c3c4c(nc(CCc5ccc(F)cc5)c3-c3nnc(C)o3)C35CC(CN3C4=O)C5)sc12. The van der Waals surface area contributed by atoms with Crippen LogP contribution in [0.3, 0.4) is 0 Å². The van der Waals surface area contributed by atoms with E-state index in [1.54, 1.807) is 37.5 Å². The summed E-state index contributed by atoms with van der Waals surface area (Å²) in [6.07, 6.45) is 6.59. The van der Waals surface area contributed by atoms with E-state index in [9.17, 15) is 9.18 Å². The molecule has 2 bridgehead atoms. The topological polar surface area (TPSA) is 106 Å². The third-order valence-corrected chi connectivity index (χ3v) is 12.6. The highest BCUT2D eigenvalue weighted by Gasteiger charge is 2.65. The molecule has 1 atom stereocenters. The summed E-state index contributed by atoms with van der Waals surface area (Å²) in [4.78, 5) is 27.6. The Bertz CT molecular complexity index is 2420. The Morgan fingerprint density at radius 1 is 1.10 bits per heavy atom. The number of pyridine rings is 2. The van der Waals surface area contributed by atoms with Crippen molar-refractivity contribution in [1.29, 1.82) is 0 Å². The number of hydrogen-bond donors (Lipinski definition) is 1. The van der Waals surface area contributed by atoms with Gasteiger partial charge in [-0.15, -0.1) is 21.5 Å². The Morgan fingerprint density at radius 3 is 2.73 bits per heavy atom. The lowest BCUT2D eigenvalue weighted by atomic mass is 9.71. The fourth-order valence-corrected chi connectivity index (χ4v) is 10.3. The van der Waals surface area contributed by atoms with Gasteiger partial charge in [0.15, 0.2) is 0 Å². The van der Waals surface area contributed by atoms with Gasteiger partial charge in [0.2, 0.25) is 11.8 Å². The number of fused-ring (bicyclic) bond motifs is 3. The van der Waals surface area contributed by atoms with Crippen LogP contribution in [0.2, 0.25) is 5.02 Å². The van der Waals surface area contributed by atoms with Gasteiger partial charge in [-0.1, -0.05) is 23.7 Å². The van der Waals surface area contributed by atoms with Gasteiger partial charge in [0.1, 0.15) is 17.4 Å². The molecule has 6 aromatic rings. The van der Waals surface area contributed by atoms with E-state index in [1.807, 2.05) is 29.3 Å². The second-order valence-corrected chi connectivity index (χ2v) is 15.6. The zero-order valence-electron chi connectivity index (χ0n) is 27.9. The van der Waals surface area contributed by atoms with Gasteiger partial charge in [0, 0.05) is 35.1 Å². The van der Waals surface area contributed by atoms with Crippen molar-refractivity contribution in [3.8, 4) is 27.6 Å². The molecule has 12 heteroatoms. The number of carbonyl (C=O) groups excluding carboxylic acids is 1. The molecule has 11 rings (SSSR count). The fraction of sp³-hybridized carbons (Fsp3) is 0.308. The second-order valence-electron chi connectivity index (χ2n) is 14.1. The van der Waals surface area contributed by atoms with E-state index in [0.29, 0.717) is 46.7 Å². The Kier molecular flexibility index (Phi) is 6.86. The Labute approximate surface area is 301 Å². The van der Waals surface area contributed by atoms with Crippen LogP contribution in [0.25, 0.3) is 32.0 Å². The zero-order valence-corrected chi connectivity index (χ0v) is 29.5. The molecule has 9 nitrogen and oxygen atoms in total. The second kappa shape index (κ2) is 11.3. The molecule has 1 amide bonds. The van der Waals surface area contributed by atoms with Crippen molar-refractivity contribution >= 4 is 44.7 Å². The molecule has 1 spiro atoms. The van der Waals surface area contributed by atoms with E-state index < -0.39 is 0 Å². The molecule has 5 aliphatic rings. The van der Waals surface area contributed by atoms with Gasteiger partial charge in [-0.05, 0) is 103 Å². The number of benzene rings is 2. The summed E-state index contributed by atoms with van der Waals surface area (Å²) in [5.74, 6) is 2.58. The Balaban J connectivity index is 1.14. The van der Waals surface area contributed by atoms with Gasteiger partial charge in [-0.3, -0.25) is 9.78 Å². The van der Waals surface area contributed by atoms with Crippen LogP contribution in [0.5, 0.6) is 5.75 Å². The normalized spacial score (nSPS) is 21.2. The van der Waals surface area contributed by atoms with Gasteiger partial charge in [0.25, 0.3) is 5.91 Å². The minimum Gasteiger partial charge on any atom is -0.496 e. The van der Waals surface area contributed by atoms with Crippen LogP contribution < -0.4 is 10.1 Å². The van der Waals surface area contributed by atoms with E-state index in [2.05, 4.69) is 21.6 Å². The first-order valence-electron chi connectivity index (χ1n) is 17.3. The molecule has 1 saturated carbocycles. The van der Waals surface area contributed by atoms with Gasteiger partial charge < -0.3 is 19.4 Å². The maximum atomic E-state index is 14.5. The Morgan fingerprint density at radius 2 is 1.94 bits per heavy atom. The quantitative estimate of drug-likeness (QED) is 0.167. The minimum absolute atomic E-state index is 0.0100. The fourth-order valence-electron chi connectivity index (χ4n) is 8.90. The molecule has 1 N–H and O–H groups in total. The zero-order chi connectivity index (χ0) is 34.6. The molecule has 2 aliphatic carbocycles. The van der Waals surface area contributed by atoms with Crippen molar-refractivity contribution in [1.82, 2.24) is 25.1 Å².